The van der Waals surface area contributed by atoms with Crippen LogP contribution >= 0.6 is 0 Å². The van der Waals surface area contributed by atoms with Crippen molar-refractivity contribution in [3.63, 3.8) is 0 Å². The Kier molecular flexibility index (Phi) is 5.14. The van der Waals surface area contributed by atoms with Crippen LogP contribution in [-0.4, -0.2) is 72.1 Å². The van der Waals surface area contributed by atoms with E-state index >= 15 is 0 Å². The number of rotatable bonds is 3. The number of aliphatic hydroxyl groups is 2. The largest absolute Gasteiger partial charge is 0.496 e. The standard InChI is InChI=1S/C26H35N5O4/c1-7-24-9-8-11-31-12-10-25(19(24)31)15-13-16(23(2,3)4)18(35-6)14-17(15)30(5)20(25)26(34,21(24)32)22(33)28-29-27/h8-9,13-14,19-21,32,34H,7,10-12H2,1-6H3. The highest BCUT2D eigenvalue weighted by atomic mass is 16.5. The zero-order chi connectivity index (χ0) is 25.6. The Labute approximate surface area is 206 Å². The Morgan fingerprint density at radius 3 is 2.66 bits per heavy atom. The minimum absolute atomic E-state index is 0.131. The summed E-state index contributed by atoms with van der Waals surface area (Å²) < 4.78 is 5.79. The highest BCUT2D eigenvalue weighted by molar-refractivity contribution is 5.91. The monoisotopic (exact) mass is 481 g/mol. The molecular formula is C26H35N5O4. The van der Waals surface area contributed by atoms with E-state index in [4.69, 9.17) is 10.3 Å². The van der Waals surface area contributed by atoms with Crippen molar-refractivity contribution in [2.45, 2.75) is 75.2 Å². The van der Waals surface area contributed by atoms with Crippen LogP contribution in [0.5, 0.6) is 5.75 Å². The molecule has 1 aromatic rings. The molecule has 3 aliphatic heterocycles. The van der Waals surface area contributed by atoms with E-state index in [2.05, 4.69) is 41.8 Å². The number of hydrogen-bond acceptors (Lipinski definition) is 6. The quantitative estimate of drug-likeness (QED) is 0.296. The van der Waals surface area contributed by atoms with Gasteiger partial charge in [-0.05, 0) is 52.6 Å². The molecule has 1 spiro atoms. The Bertz CT molecular complexity index is 1170. The van der Waals surface area contributed by atoms with Gasteiger partial charge in [-0.1, -0.05) is 39.8 Å². The topological polar surface area (TPSA) is 122 Å². The van der Waals surface area contributed by atoms with Crippen LogP contribution in [0.1, 0.15) is 51.7 Å². The molecule has 3 heterocycles. The molecule has 188 valence electrons. The van der Waals surface area contributed by atoms with Gasteiger partial charge in [0.15, 0.2) is 5.60 Å². The lowest BCUT2D eigenvalue weighted by molar-refractivity contribution is -0.201. The molecule has 1 amide bonds. The smallest absolute Gasteiger partial charge is 0.255 e. The fourth-order valence-corrected chi connectivity index (χ4v) is 7.97. The number of carbonyl (C=O) groups is 1. The number of hydrogen-bond donors (Lipinski definition) is 2. The maximum atomic E-state index is 13.4. The van der Waals surface area contributed by atoms with Crippen molar-refractivity contribution in [3.05, 3.63) is 45.9 Å². The highest BCUT2D eigenvalue weighted by Crippen LogP contribution is 2.67. The zero-order valence-corrected chi connectivity index (χ0v) is 21.3. The number of likely N-dealkylation sites (N-methyl/N-ethyl adjacent to an activating group) is 1. The van der Waals surface area contributed by atoms with Gasteiger partial charge in [0.25, 0.3) is 5.91 Å². The van der Waals surface area contributed by atoms with Crippen LogP contribution in [0.2, 0.25) is 0 Å². The number of amides is 1. The van der Waals surface area contributed by atoms with Crippen LogP contribution in [0.15, 0.2) is 29.4 Å². The summed E-state index contributed by atoms with van der Waals surface area (Å²) in [5.41, 5.74) is 8.04. The molecule has 35 heavy (non-hydrogen) atoms. The molecule has 0 radical (unpaired) electrons. The molecule has 5 rings (SSSR count). The van der Waals surface area contributed by atoms with Crippen LogP contribution in [0.3, 0.4) is 0 Å². The molecule has 6 unspecified atom stereocenters. The lowest BCUT2D eigenvalue weighted by Crippen LogP contribution is -2.80. The van der Waals surface area contributed by atoms with E-state index in [1.807, 2.05) is 37.1 Å². The second-order valence-corrected chi connectivity index (χ2v) is 11.6. The summed E-state index contributed by atoms with van der Waals surface area (Å²) in [4.78, 5) is 20.4. The fraction of sp³-hybridized carbons (Fsp3) is 0.654. The van der Waals surface area contributed by atoms with E-state index in [1.165, 1.54) is 0 Å². The normalized spacial score (nSPS) is 37.4. The van der Waals surface area contributed by atoms with Gasteiger partial charge in [-0.2, -0.15) is 0 Å². The van der Waals surface area contributed by atoms with Crippen molar-refractivity contribution in [2.24, 2.45) is 10.5 Å². The first-order valence-electron chi connectivity index (χ1n) is 12.3. The summed E-state index contributed by atoms with van der Waals surface area (Å²) in [5.74, 6) is -0.299. The summed E-state index contributed by atoms with van der Waals surface area (Å²) >= 11 is 0. The van der Waals surface area contributed by atoms with Gasteiger partial charge in [-0.3, -0.25) is 9.69 Å². The third-order valence-electron chi connectivity index (χ3n) is 9.26. The summed E-state index contributed by atoms with van der Waals surface area (Å²) in [6.07, 6.45) is 3.79. The summed E-state index contributed by atoms with van der Waals surface area (Å²) in [7, 11) is 3.49. The van der Waals surface area contributed by atoms with E-state index in [1.54, 1.807) is 7.11 Å². The molecule has 9 nitrogen and oxygen atoms in total. The van der Waals surface area contributed by atoms with Gasteiger partial charge in [-0.25, -0.2) is 0 Å². The van der Waals surface area contributed by atoms with Crippen LogP contribution in [0, 0.1) is 5.41 Å². The average molecular weight is 482 g/mol. The Hall–Kier alpha value is -2.58. The van der Waals surface area contributed by atoms with Crippen LogP contribution in [0.25, 0.3) is 10.4 Å². The molecule has 2 fully saturated rings. The molecule has 4 aliphatic rings. The molecule has 0 aromatic heterocycles. The molecule has 1 aromatic carbocycles. The Morgan fingerprint density at radius 1 is 1.34 bits per heavy atom. The van der Waals surface area contributed by atoms with Crippen LogP contribution in [-0.2, 0) is 15.6 Å². The van der Waals surface area contributed by atoms with Gasteiger partial charge in [0.1, 0.15) is 11.9 Å². The van der Waals surface area contributed by atoms with Gasteiger partial charge in [0.05, 0.1) is 13.2 Å². The van der Waals surface area contributed by atoms with Crippen molar-refractivity contribution in [1.82, 2.24) is 4.90 Å². The van der Waals surface area contributed by atoms with Crippen molar-refractivity contribution in [3.8, 4) is 5.75 Å². The molecule has 6 atom stereocenters. The van der Waals surface area contributed by atoms with E-state index in [-0.39, 0.29) is 11.5 Å². The molecule has 1 saturated heterocycles. The predicted octanol–water partition coefficient (Wildman–Crippen LogP) is 3.03. The third kappa shape index (κ3) is 2.70. The van der Waals surface area contributed by atoms with Crippen molar-refractivity contribution >= 4 is 11.6 Å². The Morgan fingerprint density at radius 2 is 2.06 bits per heavy atom. The minimum Gasteiger partial charge on any atom is -0.496 e. The van der Waals surface area contributed by atoms with Crippen molar-refractivity contribution < 1.29 is 19.7 Å². The summed E-state index contributed by atoms with van der Waals surface area (Å²) in [5, 5.41) is 27.5. The number of carbonyl (C=O) groups excluding carboxylic acids is 1. The average Bonchev–Trinajstić information content (AvgIpc) is 3.33. The number of aliphatic hydroxyl groups excluding tert-OH is 1. The molecule has 0 bridgehead atoms. The SMILES string of the molecule is CCC12C=CCN3CCC4(c5cc(C(C)(C)C)c(OC)cc5N(C)C4C(O)(C(=O)N=[N+]=[N-])C1O)C32. The number of nitrogens with zero attached hydrogens (tertiary/aromatic N) is 5. The van der Waals surface area contributed by atoms with Gasteiger partial charge in [0, 0.05) is 47.1 Å². The maximum Gasteiger partial charge on any atom is 0.255 e. The number of fused-ring (bicyclic) bond motifs is 1. The molecule has 9 heteroatoms. The van der Waals surface area contributed by atoms with Crippen molar-refractivity contribution in [2.75, 3.05) is 32.1 Å². The summed E-state index contributed by atoms with van der Waals surface area (Å²) in [6, 6.07) is 3.24. The van der Waals surface area contributed by atoms with E-state index < -0.39 is 34.5 Å². The highest BCUT2D eigenvalue weighted by Gasteiger charge is 2.78. The fourth-order valence-electron chi connectivity index (χ4n) is 7.97. The first-order valence-corrected chi connectivity index (χ1v) is 12.3. The molecular weight excluding hydrogens is 446 g/mol. The zero-order valence-electron chi connectivity index (χ0n) is 21.3. The number of ether oxygens (including phenoxy) is 1. The van der Waals surface area contributed by atoms with Crippen molar-refractivity contribution in [1.29, 1.82) is 0 Å². The lowest BCUT2D eigenvalue weighted by Gasteiger charge is -2.63. The van der Waals surface area contributed by atoms with E-state index in [0.29, 0.717) is 12.8 Å². The maximum absolute atomic E-state index is 13.4. The van der Waals surface area contributed by atoms with Gasteiger partial charge in [0.2, 0.25) is 0 Å². The first-order chi connectivity index (χ1) is 16.4. The molecule has 1 saturated carbocycles. The number of azide groups is 1. The number of methoxy groups -OCH3 is 1. The van der Waals surface area contributed by atoms with Gasteiger partial charge in [-0.15, -0.1) is 0 Å². The predicted molar refractivity (Wildman–Crippen MR) is 133 cm³/mol. The third-order valence-corrected chi connectivity index (χ3v) is 9.26. The molecule has 2 N–H and O–H groups in total. The van der Waals surface area contributed by atoms with Crippen LogP contribution < -0.4 is 9.64 Å². The van der Waals surface area contributed by atoms with Gasteiger partial charge < -0.3 is 19.8 Å². The lowest BCUT2D eigenvalue weighted by atomic mass is 9.47. The Balaban J connectivity index is 1.89. The first kappa shape index (κ1) is 24.1. The van der Waals surface area contributed by atoms with E-state index in [9.17, 15) is 15.0 Å². The summed E-state index contributed by atoms with van der Waals surface area (Å²) in [6.45, 7) is 9.91. The number of benzene rings is 1. The second kappa shape index (κ2) is 7.46. The molecule has 1 aliphatic carbocycles. The van der Waals surface area contributed by atoms with Gasteiger partial charge >= 0.3 is 0 Å². The van der Waals surface area contributed by atoms with Crippen LogP contribution in [0.4, 0.5) is 5.69 Å². The van der Waals surface area contributed by atoms with E-state index in [0.717, 1.165) is 35.7 Å². The minimum atomic E-state index is -2.29. The second-order valence-electron chi connectivity index (χ2n) is 11.6. The number of anilines is 1.